The summed E-state index contributed by atoms with van der Waals surface area (Å²) < 4.78 is 0. The lowest BCUT2D eigenvalue weighted by atomic mass is 10.3. The largest absolute Gasteiger partial charge is 0.338 e. The molecule has 0 unspecified atom stereocenters. The first-order chi connectivity index (χ1) is 5.07. The molecule has 0 saturated carbocycles. The number of aldehydes is 1. The van der Waals surface area contributed by atoms with Crippen LogP contribution in [0.3, 0.4) is 0 Å². The SMILES string of the molecule is CC(=O)CN(C)C(=O)CC=O. The van der Waals surface area contributed by atoms with Crippen LogP contribution in [0.2, 0.25) is 0 Å². The monoisotopic (exact) mass is 157 g/mol. The van der Waals surface area contributed by atoms with Crippen LogP contribution in [-0.2, 0) is 14.4 Å². The molecule has 0 radical (unpaired) electrons. The zero-order valence-corrected chi connectivity index (χ0v) is 6.66. The highest BCUT2D eigenvalue weighted by atomic mass is 16.2. The fraction of sp³-hybridized carbons (Fsp3) is 0.571. The van der Waals surface area contributed by atoms with Crippen molar-refractivity contribution in [1.29, 1.82) is 0 Å². The molecular formula is C7H11NO3. The number of amides is 1. The third-order valence-electron chi connectivity index (χ3n) is 1.14. The van der Waals surface area contributed by atoms with Gasteiger partial charge in [-0.3, -0.25) is 9.59 Å². The molecule has 0 aromatic rings. The van der Waals surface area contributed by atoms with Crippen LogP contribution in [0.4, 0.5) is 0 Å². The van der Waals surface area contributed by atoms with E-state index < -0.39 is 0 Å². The third-order valence-corrected chi connectivity index (χ3v) is 1.14. The summed E-state index contributed by atoms with van der Waals surface area (Å²) >= 11 is 0. The van der Waals surface area contributed by atoms with Crippen molar-refractivity contribution >= 4 is 18.0 Å². The maximum Gasteiger partial charge on any atom is 0.229 e. The van der Waals surface area contributed by atoms with Gasteiger partial charge < -0.3 is 9.69 Å². The van der Waals surface area contributed by atoms with E-state index in [0.717, 1.165) is 0 Å². The quantitative estimate of drug-likeness (QED) is 0.413. The van der Waals surface area contributed by atoms with Gasteiger partial charge >= 0.3 is 0 Å². The Morgan fingerprint density at radius 1 is 1.45 bits per heavy atom. The molecular weight excluding hydrogens is 146 g/mol. The summed E-state index contributed by atoms with van der Waals surface area (Å²) in [5, 5.41) is 0. The average Bonchev–Trinajstić information content (AvgIpc) is 1.86. The van der Waals surface area contributed by atoms with Crippen LogP contribution < -0.4 is 0 Å². The summed E-state index contributed by atoms with van der Waals surface area (Å²) in [6, 6.07) is 0. The second-order valence-electron chi connectivity index (χ2n) is 2.32. The maximum atomic E-state index is 10.8. The lowest BCUT2D eigenvalue weighted by Gasteiger charge is -2.12. The molecule has 0 bridgehead atoms. The molecule has 0 aliphatic carbocycles. The van der Waals surface area contributed by atoms with Crippen molar-refractivity contribution < 1.29 is 14.4 Å². The highest BCUT2D eigenvalue weighted by Crippen LogP contribution is 1.87. The first kappa shape index (κ1) is 9.81. The standard InChI is InChI=1S/C7H11NO3/c1-6(10)5-8(2)7(11)3-4-9/h4H,3,5H2,1-2H3. The molecule has 0 heterocycles. The van der Waals surface area contributed by atoms with Crippen LogP contribution in [0, 0.1) is 0 Å². The number of rotatable bonds is 4. The first-order valence-electron chi connectivity index (χ1n) is 3.25. The summed E-state index contributed by atoms with van der Waals surface area (Å²) in [4.78, 5) is 32.4. The van der Waals surface area contributed by atoms with E-state index in [9.17, 15) is 14.4 Å². The van der Waals surface area contributed by atoms with Gasteiger partial charge in [0.1, 0.15) is 12.1 Å². The van der Waals surface area contributed by atoms with Crippen LogP contribution in [0.5, 0.6) is 0 Å². The van der Waals surface area contributed by atoms with Gasteiger partial charge in [-0.2, -0.15) is 0 Å². The van der Waals surface area contributed by atoms with Gasteiger partial charge in [-0.05, 0) is 6.92 Å². The Balaban J connectivity index is 3.81. The molecule has 0 aromatic heterocycles. The van der Waals surface area contributed by atoms with Crippen molar-refractivity contribution in [3.05, 3.63) is 0 Å². The Morgan fingerprint density at radius 3 is 2.36 bits per heavy atom. The molecule has 0 N–H and O–H groups in total. The van der Waals surface area contributed by atoms with Crippen LogP contribution >= 0.6 is 0 Å². The minimum Gasteiger partial charge on any atom is -0.338 e. The predicted molar refractivity (Wildman–Crippen MR) is 39.0 cm³/mol. The smallest absolute Gasteiger partial charge is 0.229 e. The fourth-order valence-electron chi connectivity index (χ4n) is 0.649. The molecule has 4 heteroatoms. The number of hydrogen-bond acceptors (Lipinski definition) is 3. The molecule has 1 amide bonds. The second-order valence-corrected chi connectivity index (χ2v) is 2.32. The number of carbonyl (C=O) groups excluding carboxylic acids is 3. The van der Waals surface area contributed by atoms with E-state index in [1.165, 1.54) is 18.9 Å². The molecule has 0 aliphatic rings. The Hall–Kier alpha value is -1.19. The van der Waals surface area contributed by atoms with Gasteiger partial charge in [-0.1, -0.05) is 0 Å². The number of Topliss-reactive ketones (excluding diaryl/α,β-unsaturated/α-hetero) is 1. The van der Waals surface area contributed by atoms with E-state index in [4.69, 9.17) is 0 Å². The van der Waals surface area contributed by atoms with Gasteiger partial charge in [0.2, 0.25) is 5.91 Å². The molecule has 11 heavy (non-hydrogen) atoms. The molecule has 0 atom stereocenters. The topological polar surface area (TPSA) is 54.5 Å². The predicted octanol–water partition coefficient (Wildman–Crippen LogP) is -0.377. The summed E-state index contributed by atoms with van der Waals surface area (Å²) in [5.41, 5.74) is 0. The molecule has 0 fully saturated rings. The normalized spacial score (nSPS) is 8.91. The van der Waals surface area contributed by atoms with Gasteiger partial charge in [0.15, 0.2) is 0 Å². The highest BCUT2D eigenvalue weighted by molar-refractivity contribution is 5.90. The van der Waals surface area contributed by atoms with Crippen molar-refractivity contribution in [2.75, 3.05) is 13.6 Å². The second kappa shape index (κ2) is 4.60. The van der Waals surface area contributed by atoms with E-state index in [1.807, 2.05) is 0 Å². The third kappa shape index (κ3) is 4.25. The lowest BCUT2D eigenvalue weighted by Crippen LogP contribution is -2.31. The van der Waals surface area contributed by atoms with Gasteiger partial charge in [0, 0.05) is 7.05 Å². The molecule has 0 aliphatic heterocycles. The van der Waals surface area contributed by atoms with Crippen molar-refractivity contribution in [3.63, 3.8) is 0 Å². The van der Waals surface area contributed by atoms with E-state index in [0.29, 0.717) is 6.29 Å². The van der Waals surface area contributed by atoms with Crippen LogP contribution in [0.25, 0.3) is 0 Å². The molecule has 0 spiro atoms. The van der Waals surface area contributed by atoms with E-state index in [1.54, 1.807) is 0 Å². The van der Waals surface area contributed by atoms with E-state index in [-0.39, 0.29) is 24.7 Å². The zero-order valence-electron chi connectivity index (χ0n) is 6.66. The number of likely N-dealkylation sites (N-methyl/N-ethyl adjacent to an activating group) is 1. The Kier molecular flexibility index (Phi) is 4.10. The van der Waals surface area contributed by atoms with Crippen LogP contribution in [0.15, 0.2) is 0 Å². The summed E-state index contributed by atoms with van der Waals surface area (Å²) in [7, 11) is 1.49. The lowest BCUT2D eigenvalue weighted by molar-refractivity contribution is -0.134. The van der Waals surface area contributed by atoms with E-state index in [2.05, 4.69) is 0 Å². The minimum absolute atomic E-state index is 0.0761. The molecule has 4 nitrogen and oxygen atoms in total. The van der Waals surface area contributed by atoms with Gasteiger partial charge in [-0.25, -0.2) is 0 Å². The summed E-state index contributed by atoms with van der Waals surface area (Å²) in [5.74, 6) is -0.415. The molecule has 0 rings (SSSR count). The number of carbonyl (C=O) groups is 3. The average molecular weight is 157 g/mol. The molecule has 0 aromatic carbocycles. The number of hydrogen-bond donors (Lipinski definition) is 0. The summed E-state index contributed by atoms with van der Waals surface area (Å²) in [6.45, 7) is 1.47. The van der Waals surface area contributed by atoms with Crippen molar-refractivity contribution in [1.82, 2.24) is 4.90 Å². The van der Waals surface area contributed by atoms with E-state index >= 15 is 0 Å². The summed E-state index contributed by atoms with van der Waals surface area (Å²) in [6.07, 6.45) is 0.378. The zero-order chi connectivity index (χ0) is 8.85. The molecule has 0 saturated heterocycles. The Morgan fingerprint density at radius 2 is 2.00 bits per heavy atom. The Labute approximate surface area is 65.2 Å². The highest BCUT2D eigenvalue weighted by Gasteiger charge is 2.08. The van der Waals surface area contributed by atoms with Gasteiger partial charge in [0.25, 0.3) is 0 Å². The van der Waals surface area contributed by atoms with Crippen LogP contribution in [-0.4, -0.2) is 36.5 Å². The fourth-order valence-corrected chi connectivity index (χ4v) is 0.649. The van der Waals surface area contributed by atoms with Crippen LogP contribution in [0.1, 0.15) is 13.3 Å². The number of ketones is 1. The Bertz CT molecular complexity index is 177. The van der Waals surface area contributed by atoms with Gasteiger partial charge in [-0.15, -0.1) is 0 Å². The van der Waals surface area contributed by atoms with Crippen molar-refractivity contribution in [2.24, 2.45) is 0 Å². The maximum absolute atomic E-state index is 10.8. The first-order valence-corrected chi connectivity index (χ1v) is 3.25. The van der Waals surface area contributed by atoms with Crippen molar-refractivity contribution in [2.45, 2.75) is 13.3 Å². The van der Waals surface area contributed by atoms with Crippen molar-refractivity contribution in [3.8, 4) is 0 Å². The molecule has 62 valence electrons. The number of nitrogens with zero attached hydrogens (tertiary/aromatic N) is 1. The van der Waals surface area contributed by atoms with Gasteiger partial charge in [0.05, 0.1) is 13.0 Å². The minimum atomic E-state index is -0.324.